The van der Waals surface area contributed by atoms with Crippen LogP contribution < -0.4 is 0 Å². The number of thiophene rings is 2. The molecule has 0 unspecified atom stereocenters. The second kappa shape index (κ2) is 14.8. The van der Waals surface area contributed by atoms with Crippen molar-refractivity contribution in [2.24, 2.45) is 0 Å². The Bertz CT molecular complexity index is 2370. The van der Waals surface area contributed by atoms with Crippen LogP contribution in [0.25, 0.3) is 87.6 Å². The smallest absolute Gasteiger partial charge is 0.0371 e. The van der Waals surface area contributed by atoms with Crippen molar-refractivity contribution in [2.75, 3.05) is 0 Å². The third-order valence-corrected chi connectivity index (χ3v) is 12.5. The minimum absolute atomic E-state index is 1.19. The fourth-order valence-electron chi connectivity index (χ4n) is 7.81. The lowest BCUT2D eigenvalue weighted by Crippen LogP contribution is -2.02. The van der Waals surface area contributed by atoms with Crippen LogP contribution in [0.15, 0.2) is 193 Å². The Kier molecular flexibility index (Phi) is 9.22. The largest absolute Gasteiger partial charge is 0.144 e. The summed E-state index contributed by atoms with van der Waals surface area (Å²) in [4.78, 5) is 2.64. The van der Waals surface area contributed by atoms with Gasteiger partial charge in [-0.1, -0.05) is 170 Å². The molecule has 9 aromatic rings. The molecule has 258 valence electrons. The lowest BCUT2D eigenvalue weighted by atomic mass is 9.74. The second-order valence-electron chi connectivity index (χ2n) is 13.7. The van der Waals surface area contributed by atoms with E-state index < -0.39 is 0 Å². The van der Waals surface area contributed by atoms with E-state index in [1.807, 2.05) is 0 Å². The van der Waals surface area contributed by atoms with E-state index in [-0.39, 0.29) is 0 Å². The lowest BCUT2D eigenvalue weighted by Gasteiger charge is -2.29. The van der Waals surface area contributed by atoms with Crippen LogP contribution in [0, 0.1) is 13.8 Å². The van der Waals surface area contributed by atoms with E-state index in [1.165, 1.54) is 98.8 Å². The van der Waals surface area contributed by atoms with Gasteiger partial charge in [0.15, 0.2) is 0 Å². The average Bonchev–Trinajstić information content (AvgIpc) is 3.88. The van der Waals surface area contributed by atoms with E-state index in [0.29, 0.717) is 0 Å². The van der Waals surface area contributed by atoms with Crippen molar-refractivity contribution in [2.45, 2.75) is 13.8 Å². The summed E-state index contributed by atoms with van der Waals surface area (Å²) in [5.74, 6) is 0. The number of hydrogen-bond donors (Lipinski definition) is 0. The fourth-order valence-corrected chi connectivity index (χ4v) is 9.68. The third-order valence-electron chi connectivity index (χ3n) is 10.3. The normalized spacial score (nSPS) is 11.1. The summed E-state index contributed by atoms with van der Waals surface area (Å²) in [5.41, 5.74) is 19.6. The second-order valence-corrected chi connectivity index (χ2v) is 15.6. The highest BCUT2D eigenvalue weighted by Crippen LogP contribution is 2.56. The maximum atomic E-state index is 2.34. The van der Waals surface area contributed by atoms with Gasteiger partial charge in [-0.2, -0.15) is 0 Å². The van der Waals surface area contributed by atoms with Gasteiger partial charge in [0.25, 0.3) is 0 Å². The van der Waals surface area contributed by atoms with Crippen LogP contribution in [0.2, 0.25) is 0 Å². The highest BCUT2D eigenvalue weighted by atomic mass is 32.1. The maximum absolute atomic E-state index is 2.34. The van der Waals surface area contributed by atoms with Gasteiger partial charge in [0.2, 0.25) is 0 Å². The number of benzene rings is 7. The zero-order valence-electron chi connectivity index (χ0n) is 30.3. The Morgan fingerprint density at radius 3 is 0.685 bits per heavy atom. The molecule has 0 atom stereocenters. The Labute approximate surface area is 326 Å². The van der Waals surface area contributed by atoms with Crippen molar-refractivity contribution < 1.29 is 0 Å². The summed E-state index contributed by atoms with van der Waals surface area (Å²) in [7, 11) is 0. The topological polar surface area (TPSA) is 0 Å². The number of rotatable bonds is 8. The van der Waals surface area contributed by atoms with Gasteiger partial charge in [-0.05, 0) is 126 Å². The molecule has 0 amide bonds. The fraction of sp³-hybridized carbons (Fsp3) is 0.0385. The van der Waals surface area contributed by atoms with Crippen LogP contribution in [0.1, 0.15) is 11.1 Å². The molecule has 0 aliphatic carbocycles. The van der Waals surface area contributed by atoms with Gasteiger partial charge in [-0.15, -0.1) is 22.7 Å². The summed E-state index contributed by atoms with van der Waals surface area (Å²) in [6, 6.07) is 67.0. The molecular formula is C52H38S2. The van der Waals surface area contributed by atoms with Gasteiger partial charge in [-0.3, -0.25) is 0 Å². The molecule has 9 rings (SSSR count). The van der Waals surface area contributed by atoms with Gasteiger partial charge >= 0.3 is 0 Å². The van der Waals surface area contributed by atoms with Crippen LogP contribution in [0.4, 0.5) is 0 Å². The molecule has 0 nitrogen and oxygen atoms in total. The summed E-state index contributed by atoms with van der Waals surface area (Å²) >= 11 is 3.61. The van der Waals surface area contributed by atoms with Gasteiger partial charge in [-0.25, -0.2) is 0 Å². The van der Waals surface area contributed by atoms with E-state index >= 15 is 0 Å². The molecule has 2 aromatic heterocycles. The van der Waals surface area contributed by atoms with Crippen molar-refractivity contribution in [3.8, 4) is 87.6 Å². The Hall–Kier alpha value is -6.06. The van der Waals surface area contributed by atoms with Gasteiger partial charge in [0.05, 0.1) is 0 Å². The molecule has 0 bridgehead atoms. The number of aryl methyl sites for hydroxylation is 2. The molecule has 0 spiro atoms. The highest BCUT2D eigenvalue weighted by molar-refractivity contribution is 7.14. The molecule has 0 aliphatic rings. The minimum atomic E-state index is 1.19. The molecule has 54 heavy (non-hydrogen) atoms. The van der Waals surface area contributed by atoms with Crippen LogP contribution in [-0.2, 0) is 0 Å². The Balaban J connectivity index is 1.47. The van der Waals surface area contributed by atoms with Crippen molar-refractivity contribution in [3.63, 3.8) is 0 Å². The predicted molar refractivity (Wildman–Crippen MR) is 235 cm³/mol. The first kappa shape index (κ1) is 33.8. The average molecular weight is 727 g/mol. The maximum Gasteiger partial charge on any atom is 0.0371 e. The zero-order valence-corrected chi connectivity index (χ0v) is 31.9. The van der Waals surface area contributed by atoms with E-state index in [2.05, 4.69) is 207 Å². The van der Waals surface area contributed by atoms with E-state index in [0.717, 1.165) is 0 Å². The monoisotopic (exact) mass is 726 g/mol. The Morgan fingerprint density at radius 1 is 0.241 bits per heavy atom. The highest BCUT2D eigenvalue weighted by Gasteiger charge is 2.29. The van der Waals surface area contributed by atoms with Gasteiger partial charge in [0, 0.05) is 9.75 Å². The van der Waals surface area contributed by atoms with Gasteiger partial charge < -0.3 is 0 Å². The molecule has 2 heterocycles. The summed E-state index contributed by atoms with van der Waals surface area (Å²) in [5, 5.41) is 4.37. The molecular weight excluding hydrogens is 689 g/mol. The molecule has 0 fully saturated rings. The van der Waals surface area contributed by atoms with Crippen molar-refractivity contribution in [1.82, 2.24) is 0 Å². The molecule has 0 N–H and O–H groups in total. The van der Waals surface area contributed by atoms with Crippen LogP contribution in [0.3, 0.4) is 0 Å². The molecule has 0 saturated carbocycles. The lowest BCUT2D eigenvalue weighted by molar-refractivity contribution is 1.50. The first-order chi connectivity index (χ1) is 26.7. The minimum Gasteiger partial charge on any atom is -0.144 e. The van der Waals surface area contributed by atoms with E-state index in [9.17, 15) is 0 Å². The SMILES string of the molecule is Cc1ccsc1-c1ccc(-c2c(-c3ccccc3)c(-c3ccccc3)c(-c3ccc(-c4sccc4C)cc3)c(-c3ccccc3)c2-c2ccccc2)cc1. The molecule has 2 heteroatoms. The molecule has 0 radical (unpaired) electrons. The van der Waals surface area contributed by atoms with Crippen molar-refractivity contribution in [1.29, 1.82) is 0 Å². The van der Waals surface area contributed by atoms with E-state index in [1.54, 1.807) is 22.7 Å². The summed E-state index contributed by atoms with van der Waals surface area (Å²) in [6.45, 7) is 4.40. The molecule has 0 aliphatic heterocycles. The van der Waals surface area contributed by atoms with Crippen molar-refractivity contribution in [3.05, 3.63) is 204 Å². The molecule has 0 saturated heterocycles. The van der Waals surface area contributed by atoms with Crippen LogP contribution >= 0.6 is 22.7 Å². The summed E-state index contributed by atoms with van der Waals surface area (Å²) in [6.07, 6.45) is 0. The standard InChI is InChI=1S/C52H38S2/c1-35-31-33-53-51(35)43-27-23-41(24-28-43)49-45(37-15-7-3-8-16-37)47(39-19-11-5-12-20-39)50(42-25-29-44(30-26-42)52-36(2)32-34-54-52)48(40-21-13-6-14-22-40)46(49)38-17-9-4-10-18-38/h3-34H,1-2H3. The number of hydrogen-bond acceptors (Lipinski definition) is 2. The predicted octanol–water partition coefficient (Wildman–Crippen LogP) is 15.8. The third kappa shape index (κ3) is 6.24. The first-order valence-electron chi connectivity index (χ1n) is 18.4. The summed E-state index contributed by atoms with van der Waals surface area (Å²) < 4.78 is 0. The zero-order chi connectivity index (χ0) is 36.4. The molecule has 7 aromatic carbocycles. The van der Waals surface area contributed by atoms with Crippen LogP contribution in [-0.4, -0.2) is 0 Å². The van der Waals surface area contributed by atoms with Gasteiger partial charge in [0.1, 0.15) is 0 Å². The van der Waals surface area contributed by atoms with Crippen molar-refractivity contribution >= 4 is 22.7 Å². The quantitative estimate of drug-likeness (QED) is 0.146. The Morgan fingerprint density at radius 2 is 0.463 bits per heavy atom. The van der Waals surface area contributed by atoms with E-state index in [4.69, 9.17) is 0 Å². The van der Waals surface area contributed by atoms with Crippen LogP contribution in [0.5, 0.6) is 0 Å². The first-order valence-corrected chi connectivity index (χ1v) is 20.2.